The Morgan fingerprint density at radius 3 is 2.56 bits per heavy atom. The number of hydrogen-bond donors (Lipinski definition) is 3. The van der Waals surface area contributed by atoms with Crippen molar-refractivity contribution in [3.05, 3.63) is 23.8 Å². The van der Waals surface area contributed by atoms with E-state index < -0.39 is 0 Å². The van der Waals surface area contributed by atoms with E-state index in [9.17, 15) is 10.2 Å². The maximum absolute atomic E-state index is 9.66. The van der Waals surface area contributed by atoms with Crippen molar-refractivity contribution >= 4 is 0 Å². The van der Waals surface area contributed by atoms with Crippen molar-refractivity contribution in [1.82, 2.24) is 10.2 Å². The third-order valence-electron chi connectivity index (χ3n) is 2.49. The number of nitrogens with one attached hydrogen (secondary N) is 1. The van der Waals surface area contributed by atoms with Gasteiger partial charge in [0, 0.05) is 30.8 Å². The van der Waals surface area contributed by atoms with Crippen molar-refractivity contribution in [2.75, 3.05) is 27.2 Å². The quantitative estimate of drug-likeness (QED) is 0.706. The molecular formula is C12H20N2O2. The van der Waals surface area contributed by atoms with Gasteiger partial charge in [-0.3, -0.25) is 0 Å². The standard InChI is InChI=1S/C12H20N2O2/c1-9(13-6-7-14(2)3)11-5-4-10(15)8-12(11)16/h4-5,8-9,13,15-16H,6-7H2,1-3H3. The molecule has 0 aliphatic rings. The molecule has 0 radical (unpaired) electrons. The van der Waals surface area contributed by atoms with Crippen LogP contribution in [0.5, 0.6) is 11.5 Å². The molecule has 1 unspecified atom stereocenters. The van der Waals surface area contributed by atoms with E-state index in [1.165, 1.54) is 6.07 Å². The van der Waals surface area contributed by atoms with Crippen LogP contribution in [0.3, 0.4) is 0 Å². The highest BCUT2D eigenvalue weighted by molar-refractivity contribution is 5.40. The van der Waals surface area contributed by atoms with Gasteiger partial charge in [-0.15, -0.1) is 0 Å². The Hall–Kier alpha value is -1.26. The monoisotopic (exact) mass is 224 g/mol. The van der Waals surface area contributed by atoms with Crippen LogP contribution in [0.15, 0.2) is 18.2 Å². The van der Waals surface area contributed by atoms with Crippen molar-refractivity contribution in [1.29, 1.82) is 0 Å². The Balaban J connectivity index is 2.55. The smallest absolute Gasteiger partial charge is 0.124 e. The van der Waals surface area contributed by atoms with Gasteiger partial charge in [0.05, 0.1) is 0 Å². The Kier molecular flexibility index (Phi) is 4.58. The zero-order valence-corrected chi connectivity index (χ0v) is 10.1. The summed E-state index contributed by atoms with van der Waals surface area (Å²) in [5, 5.41) is 22.1. The van der Waals surface area contributed by atoms with Crippen molar-refractivity contribution < 1.29 is 10.2 Å². The highest BCUT2D eigenvalue weighted by Gasteiger charge is 2.09. The average Bonchev–Trinajstić information content (AvgIpc) is 2.16. The second kappa shape index (κ2) is 5.72. The first kappa shape index (κ1) is 12.8. The van der Waals surface area contributed by atoms with Crippen LogP contribution in [-0.4, -0.2) is 42.3 Å². The van der Waals surface area contributed by atoms with Crippen molar-refractivity contribution in [3.63, 3.8) is 0 Å². The third kappa shape index (κ3) is 3.72. The highest BCUT2D eigenvalue weighted by Crippen LogP contribution is 2.27. The molecule has 90 valence electrons. The summed E-state index contributed by atoms with van der Waals surface area (Å²) in [6.07, 6.45) is 0. The van der Waals surface area contributed by atoms with Gasteiger partial charge < -0.3 is 20.4 Å². The number of phenols is 2. The van der Waals surface area contributed by atoms with Crippen LogP contribution in [0.25, 0.3) is 0 Å². The van der Waals surface area contributed by atoms with E-state index in [4.69, 9.17) is 0 Å². The zero-order chi connectivity index (χ0) is 12.1. The van der Waals surface area contributed by atoms with Crippen LogP contribution in [-0.2, 0) is 0 Å². The minimum absolute atomic E-state index is 0.0700. The number of rotatable bonds is 5. The summed E-state index contributed by atoms with van der Waals surface area (Å²) in [5.41, 5.74) is 0.802. The predicted molar refractivity (Wildman–Crippen MR) is 64.7 cm³/mol. The van der Waals surface area contributed by atoms with Crippen molar-refractivity contribution in [2.24, 2.45) is 0 Å². The molecule has 16 heavy (non-hydrogen) atoms. The lowest BCUT2D eigenvalue weighted by Gasteiger charge is -2.17. The average molecular weight is 224 g/mol. The Morgan fingerprint density at radius 2 is 2.00 bits per heavy atom. The van der Waals surface area contributed by atoms with Gasteiger partial charge in [-0.1, -0.05) is 6.07 Å². The Morgan fingerprint density at radius 1 is 1.31 bits per heavy atom. The van der Waals surface area contributed by atoms with Gasteiger partial charge in [0.1, 0.15) is 11.5 Å². The van der Waals surface area contributed by atoms with Crippen LogP contribution in [0, 0.1) is 0 Å². The van der Waals surface area contributed by atoms with E-state index >= 15 is 0 Å². The van der Waals surface area contributed by atoms with E-state index in [0.717, 1.165) is 18.7 Å². The molecule has 0 aromatic heterocycles. The summed E-state index contributed by atoms with van der Waals surface area (Å²) in [6.45, 7) is 3.79. The van der Waals surface area contributed by atoms with Gasteiger partial charge in [0.15, 0.2) is 0 Å². The first-order valence-corrected chi connectivity index (χ1v) is 5.40. The van der Waals surface area contributed by atoms with Crippen LogP contribution < -0.4 is 5.32 Å². The molecule has 4 heteroatoms. The molecule has 0 heterocycles. The van der Waals surface area contributed by atoms with E-state index in [1.54, 1.807) is 12.1 Å². The van der Waals surface area contributed by atoms with Gasteiger partial charge in [-0.05, 0) is 27.1 Å². The minimum atomic E-state index is 0.0700. The summed E-state index contributed by atoms with van der Waals surface area (Å²) in [5.74, 6) is 0.214. The van der Waals surface area contributed by atoms with E-state index in [-0.39, 0.29) is 17.5 Å². The number of likely N-dealkylation sites (N-methyl/N-ethyl adjacent to an activating group) is 1. The zero-order valence-electron chi connectivity index (χ0n) is 10.1. The maximum Gasteiger partial charge on any atom is 0.124 e. The molecule has 4 nitrogen and oxygen atoms in total. The highest BCUT2D eigenvalue weighted by atomic mass is 16.3. The van der Waals surface area contributed by atoms with Crippen molar-refractivity contribution in [2.45, 2.75) is 13.0 Å². The molecule has 0 spiro atoms. The first-order valence-electron chi connectivity index (χ1n) is 5.40. The minimum Gasteiger partial charge on any atom is -0.508 e. The van der Waals surface area contributed by atoms with Gasteiger partial charge >= 0.3 is 0 Å². The molecule has 0 aliphatic carbocycles. The Labute approximate surface area is 96.5 Å². The van der Waals surface area contributed by atoms with Crippen LogP contribution in [0.2, 0.25) is 0 Å². The lowest BCUT2D eigenvalue weighted by molar-refractivity contribution is 0.384. The summed E-state index contributed by atoms with van der Waals surface area (Å²) in [4.78, 5) is 2.09. The largest absolute Gasteiger partial charge is 0.508 e. The molecule has 0 fully saturated rings. The second-order valence-electron chi connectivity index (χ2n) is 4.22. The number of aromatic hydroxyl groups is 2. The van der Waals surface area contributed by atoms with Crippen LogP contribution in [0.4, 0.5) is 0 Å². The Bertz CT molecular complexity index is 340. The molecular weight excluding hydrogens is 204 g/mol. The van der Waals surface area contributed by atoms with E-state index in [2.05, 4.69) is 10.2 Å². The maximum atomic E-state index is 9.66. The van der Waals surface area contributed by atoms with E-state index in [0.29, 0.717) is 0 Å². The molecule has 1 atom stereocenters. The fourth-order valence-corrected chi connectivity index (χ4v) is 1.51. The van der Waals surface area contributed by atoms with E-state index in [1.807, 2.05) is 21.0 Å². The lowest BCUT2D eigenvalue weighted by Crippen LogP contribution is -2.28. The topological polar surface area (TPSA) is 55.7 Å². The lowest BCUT2D eigenvalue weighted by atomic mass is 10.1. The molecule has 0 saturated heterocycles. The fraction of sp³-hybridized carbons (Fsp3) is 0.500. The van der Waals surface area contributed by atoms with Crippen LogP contribution >= 0.6 is 0 Å². The number of hydrogen-bond acceptors (Lipinski definition) is 4. The SMILES string of the molecule is CC(NCCN(C)C)c1ccc(O)cc1O. The van der Waals surface area contributed by atoms with Crippen molar-refractivity contribution in [3.8, 4) is 11.5 Å². The van der Waals surface area contributed by atoms with Gasteiger partial charge in [0.25, 0.3) is 0 Å². The van der Waals surface area contributed by atoms with Crippen LogP contribution in [0.1, 0.15) is 18.5 Å². The normalized spacial score (nSPS) is 13.0. The molecule has 3 N–H and O–H groups in total. The third-order valence-corrected chi connectivity index (χ3v) is 2.49. The molecule has 0 aliphatic heterocycles. The number of phenolic OH excluding ortho intramolecular Hbond substituents is 2. The summed E-state index contributed by atoms with van der Waals surface area (Å²) < 4.78 is 0. The predicted octanol–water partition coefficient (Wildman–Crippen LogP) is 1.31. The van der Waals surface area contributed by atoms with Gasteiger partial charge in [0.2, 0.25) is 0 Å². The fourth-order valence-electron chi connectivity index (χ4n) is 1.51. The van der Waals surface area contributed by atoms with Gasteiger partial charge in [-0.2, -0.15) is 0 Å². The molecule has 0 amide bonds. The molecule has 0 bridgehead atoms. The molecule has 1 rings (SSSR count). The first-order chi connectivity index (χ1) is 7.50. The number of benzene rings is 1. The molecule has 0 saturated carbocycles. The molecule has 1 aromatic carbocycles. The molecule has 1 aromatic rings. The number of nitrogens with zero attached hydrogens (tertiary/aromatic N) is 1. The summed E-state index contributed by atoms with van der Waals surface area (Å²) in [6, 6.07) is 4.75. The summed E-state index contributed by atoms with van der Waals surface area (Å²) >= 11 is 0. The second-order valence-corrected chi connectivity index (χ2v) is 4.22. The summed E-state index contributed by atoms with van der Waals surface area (Å²) in [7, 11) is 4.04. The van der Waals surface area contributed by atoms with Gasteiger partial charge in [-0.25, -0.2) is 0 Å².